The summed E-state index contributed by atoms with van der Waals surface area (Å²) in [6.07, 6.45) is 0.702. The second kappa shape index (κ2) is 8.94. The summed E-state index contributed by atoms with van der Waals surface area (Å²) in [5, 5.41) is 3.47. The van der Waals surface area contributed by atoms with E-state index < -0.39 is 0 Å². The minimum absolute atomic E-state index is 0.299. The molecule has 0 unspecified atom stereocenters. The molecule has 0 amide bonds. The van der Waals surface area contributed by atoms with E-state index >= 15 is 0 Å². The van der Waals surface area contributed by atoms with Crippen molar-refractivity contribution >= 4 is 29.2 Å². The SMILES string of the molecule is COC(=O)c1ccc(CCN=C(N)Nc2ccc(OC)c(Cl)c2)cc1. The maximum absolute atomic E-state index is 11.4. The van der Waals surface area contributed by atoms with Gasteiger partial charge in [-0.05, 0) is 42.3 Å². The third-order valence-corrected chi connectivity index (χ3v) is 3.78. The van der Waals surface area contributed by atoms with Crippen LogP contribution in [-0.2, 0) is 11.2 Å². The molecule has 3 N–H and O–H groups in total. The average Bonchev–Trinajstić information content (AvgIpc) is 2.62. The van der Waals surface area contributed by atoms with E-state index in [1.54, 1.807) is 37.4 Å². The molecular formula is C18H20ClN3O3. The molecule has 0 aliphatic carbocycles. The number of carbonyl (C=O) groups excluding carboxylic acids is 1. The van der Waals surface area contributed by atoms with Gasteiger partial charge in [0.25, 0.3) is 0 Å². The molecule has 0 bridgehead atoms. The standard InChI is InChI=1S/C18H20ClN3O3/c1-24-16-8-7-14(11-15(16)19)22-18(20)21-10-9-12-3-5-13(6-4-12)17(23)25-2/h3-8,11H,9-10H2,1-2H3,(H3,20,21,22). The lowest BCUT2D eigenvalue weighted by Crippen LogP contribution is -2.23. The first-order chi connectivity index (χ1) is 12.0. The van der Waals surface area contributed by atoms with Crippen molar-refractivity contribution in [3.63, 3.8) is 0 Å². The van der Waals surface area contributed by atoms with Crippen LogP contribution in [0.4, 0.5) is 5.69 Å². The Hall–Kier alpha value is -2.73. The zero-order valence-electron chi connectivity index (χ0n) is 14.1. The summed E-state index contributed by atoms with van der Waals surface area (Å²) in [6.45, 7) is 0.514. The van der Waals surface area contributed by atoms with Crippen LogP contribution in [0.5, 0.6) is 5.75 Å². The Morgan fingerprint density at radius 3 is 2.52 bits per heavy atom. The molecule has 0 radical (unpaired) electrons. The number of nitrogens with one attached hydrogen (secondary N) is 1. The molecule has 2 aromatic rings. The van der Waals surface area contributed by atoms with Gasteiger partial charge in [0.1, 0.15) is 5.75 Å². The summed E-state index contributed by atoms with van der Waals surface area (Å²) in [7, 11) is 2.92. The van der Waals surface area contributed by atoms with E-state index in [0.717, 1.165) is 11.3 Å². The van der Waals surface area contributed by atoms with Gasteiger partial charge in [-0.3, -0.25) is 4.99 Å². The molecule has 132 valence electrons. The number of nitrogens with two attached hydrogens (primary N) is 1. The Balaban J connectivity index is 1.88. The number of methoxy groups -OCH3 is 2. The third-order valence-electron chi connectivity index (χ3n) is 3.48. The highest BCUT2D eigenvalue weighted by Crippen LogP contribution is 2.26. The van der Waals surface area contributed by atoms with Crippen LogP contribution in [0.2, 0.25) is 5.02 Å². The maximum Gasteiger partial charge on any atom is 0.337 e. The normalized spacial score (nSPS) is 11.1. The van der Waals surface area contributed by atoms with Crippen LogP contribution in [0, 0.1) is 0 Å². The summed E-state index contributed by atoms with van der Waals surface area (Å²) < 4.78 is 9.76. The van der Waals surface area contributed by atoms with E-state index in [0.29, 0.717) is 35.3 Å². The molecule has 0 aliphatic rings. The predicted octanol–water partition coefficient (Wildman–Crippen LogP) is 3.10. The number of guanidine groups is 1. The molecule has 0 heterocycles. The molecule has 0 saturated heterocycles. The number of benzene rings is 2. The van der Waals surface area contributed by atoms with Crippen LogP contribution < -0.4 is 15.8 Å². The van der Waals surface area contributed by atoms with Gasteiger partial charge in [0.2, 0.25) is 0 Å². The summed E-state index contributed by atoms with van der Waals surface area (Å²) in [5.74, 6) is 0.543. The van der Waals surface area contributed by atoms with Crippen molar-refractivity contribution in [3.05, 3.63) is 58.6 Å². The topological polar surface area (TPSA) is 85.9 Å². The molecule has 25 heavy (non-hydrogen) atoms. The highest BCUT2D eigenvalue weighted by atomic mass is 35.5. The number of ether oxygens (including phenoxy) is 2. The number of rotatable bonds is 6. The fourth-order valence-corrected chi connectivity index (χ4v) is 2.42. The van der Waals surface area contributed by atoms with Crippen molar-refractivity contribution in [3.8, 4) is 5.75 Å². The smallest absolute Gasteiger partial charge is 0.337 e. The number of hydrogen-bond acceptors (Lipinski definition) is 4. The molecule has 0 saturated carbocycles. The van der Waals surface area contributed by atoms with Gasteiger partial charge in [0, 0.05) is 12.2 Å². The van der Waals surface area contributed by atoms with Gasteiger partial charge in [-0.2, -0.15) is 0 Å². The Labute approximate surface area is 151 Å². The van der Waals surface area contributed by atoms with Crippen LogP contribution in [0.1, 0.15) is 15.9 Å². The molecule has 0 aromatic heterocycles. The van der Waals surface area contributed by atoms with Gasteiger partial charge in [-0.1, -0.05) is 23.7 Å². The van der Waals surface area contributed by atoms with E-state index in [2.05, 4.69) is 15.0 Å². The van der Waals surface area contributed by atoms with E-state index in [9.17, 15) is 4.79 Å². The largest absolute Gasteiger partial charge is 0.495 e. The van der Waals surface area contributed by atoms with E-state index in [1.807, 2.05) is 12.1 Å². The van der Waals surface area contributed by atoms with Gasteiger partial charge in [0.15, 0.2) is 5.96 Å². The van der Waals surface area contributed by atoms with Crippen molar-refractivity contribution in [2.45, 2.75) is 6.42 Å². The average molecular weight is 362 g/mol. The van der Waals surface area contributed by atoms with Crippen LogP contribution >= 0.6 is 11.6 Å². The number of aliphatic imine (C=N–C) groups is 1. The number of esters is 1. The molecule has 7 heteroatoms. The molecule has 0 aliphatic heterocycles. The summed E-state index contributed by atoms with van der Waals surface area (Å²) >= 11 is 6.06. The fourth-order valence-electron chi connectivity index (χ4n) is 2.16. The highest BCUT2D eigenvalue weighted by molar-refractivity contribution is 6.32. The molecule has 2 aromatic carbocycles. The summed E-state index contributed by atoms with van der Waals surface area (Å²) in [6, 6.07) is 12.5. The first kappa shape index (κ1) is 18.6. The predicted molar refractivity (Wildman–Crippen MR) is 99.6 cm³/mol. The number of hydrogen-bond donors (Lipinski definition) is 2. The molecule has 2 rings (SSSR count). The molecule has 0 spiro atoms. The lowest BCUT2D eigenvalue weighted by Gasteiger charge is -2.08. The first-order valence-corrected chi connectivity index (χ1v) is 7.99. The Morgan fingerprint density at radius 2 is 1.92 bits per heavy atom. The van der Waals surface area contributed by atoms with E-state index in [-0.39, 0.29) is 5.97 Å². The maximum atomic E-state index is 11.4. The van der Waals surface area contributed by atoms with Crippen molar-refractivity contribution in [1.29, 1.82) is 0 Å². The molecule has 0 atom stereocenters. The number of anilines is 1. The van der Waals surface area contributed by atoms with Crippen LogP contribution in [0.3, 0.4) is 0 Å². The number of carbonyl (C=O) groups is 1. The molecule has 6 nitrogen and oxygen atoms in total. The quantitative estimate of drug-likeness (QED) is 0.469. The Bertz CT molecular complexity index is 761. The fraction of sp³-hybridized carbons (Fsp3) is 0.222. The van der Waals surface area contributed by atoms with Gasteiger partial charge >= 0.3 is 5.97 Å². The Kier molecular flexibility index (Phi) is 6.65. The van der Waals surface area contributed by atoms with E-state index in [1.165, 1.54) is 7.11 Å². The second-order valence-electron chi connectivity index (χ2n) is 5.18. The third kappa shape index (κ3) is 5.39. The number of halogens is 1. The Morgan fingerprint density at radius 1 is 1.20 bits per heavy atom. The lowest BCUT2D eigenvalue weighted by atomic mass is 10.1. The van der Waals surface area contributed by atoms with Crippen molar-refractivity contribution in [2.75, 3.05) is 26.1 Å². The van der Waals surface area contributed by atoms with Crippen LogP contribution in [0.15, 0.2) is 47.5 Å². The first-order valence-electron chi connectivity index (χ1n) is 7.61. The van der Waals surface area contributed by atoms with Crippen molar-refractivity contribution in [2.24, 2.45) is 10.7 Å². The van der Waals surface area contributed by atoms with E-state index in [4.69, 9.17) is 22.1 Å². The van der Waals surface area contributed by atoms with Gasteiger partial charge in [0.05, 0.1) is 24.8 Å². The summed E-state index contributed by atoms with van der Waals surface area (Å²) in [5.41, 5.74) is 8.18. The number of nitrogens with zero attached hydrogens (tertiary/aromatic N) is 1. The molecule has 0 fully saturated rings. The van der Waals surface area contributed by atoms with Crippen molar-refractivity contribution < 1.29 is 14.3 Å². The van der Waals surface area contributed by atoms with Crippen molar-refractivity contribution in [1.82, 2.24) is 0 Å². The molecular weight excluding hydrogens is 342 g/mol. The zero-order valence-corrected chi connectivity index (χ0v) is 14.8. The minimum Gasteiger partial charge on any atom is -0.495 e. The van der Waals surface area contributed by atoms with Gasteiger partial charge in [-0.15, -0.1) is 0 Å². The zero-order chi connectivity index (χ0) is 18.2. The van der Waals surface area contributed by atoms with Gasteiger partial charge in [-0.25, -0.2) is 4.79 Å². The highest BCUT2D eigenvalue weighted by Gasteiger charge is 2.05. The second-order valence-corrected chi connectivity index (χ2v) is 5.59. The van der Waals surface area contributed by atoms with Crippen LogP contribution in [-0.4, -0.2) is 32.7 Å². The lowest BCUT2D eigenvalue weighted by molar-refractivity contribution is 0.0600. The van der Waals surface area contributed by atoms with Gasteiger partial charge < -0.3 is 20.5 Å². The monoisotopic (exact) mass is 361 g/mol. The minimum atomic E-state index is -0.351. The summed E-state index contributed by atoms with van der Waals surface area (Å²) in [4.78, 5) is 15.7. The van der Waals surface area contributed by atoms with Crippen LogP contribution in [0.25, 0.3) is 0 Å².